The smallest absolute Gasteiger partial charge is 0.138 e. The van der Waals surface area contributed by atoms with E-state index < -0.39 is 0 Å². The van der Waals surface area contributed by atoms with Crippen molar-refractivity contribution in [1.29, 1.82) is 0 Å². The van der Waals surface area contributed by atoms with Crippen LogP contribution >= 0.6 is 0 Å². The quantitative estimate of drug-likeness (QED) is 0.781. The van der Waals surface area contributed by atoms with Gasteiger partial charge < -0.3 is 5.73 Å². The highest BCUT2D eigenvalue weighted by Gasteiger charge is 2.30. The number of ketones is 1. The van der Waals surface area contributed by atoms with E-state index in [1.54, 1.807) is 0 Å². The molecule has 0 aromatic heterocycles. The zero-order valence-corrected chi connectivity index (χ0v) is 11.0. The summed E-state index contributed by atoms with van der Waals surface area (Å²) in [6, 6.07) is 0. The third-order valence-electron chi connectivity index (χ3n) is 3.91. The molecule has 2 nitrogen and oxygen atoms in total. The van der Waals surface area contributed by atoms with Crippen LogP contribution in [0.1, 0.15) is 52.9 Å². The molecule has 0 amide bonds. The molecular weight excluding hydrogens is 198 g/mol. The van der Waals surface area contributed by atoms with Gasteiger partial charge in [-0.3, -0.25) is 4.79 Å². The van der Waals surface area contributed by atoms with Crippen molar-refractivity contribution in [3.63, 3.8) is 0 Å². The molecule has 94 valence electrons. The van der Waals surface area contributed by atoms with Crippen molar-refractivity contribution in [3.8, 4) is 0 Å². The third kappa shape index (κ3) is 3.89. The first-order valence-corrected chi connectivity index (χ1v) is 6.78. The predicted octanol–water partition coefficient (Wildman–Crippen LogP) is 3.00. The zero-order chi connectivity index (χ0) is 12.1. The summed E-state index contributed by atoms with van der Waals surface area (Å²) >= 11 is 0. The van der Waals surface area contributed by atoms with Crippen LogP contribution in [0.3, 0.4) is 0 Å². The number of carbonyl (C=O) groups excluding carboxylic acids is 1. The number of Topliss-reactive ketones (excluding diaryl/α,β-unsaturated/α-hetero) is 1. The molecular formula is C14H27NO. The van der Waals surface area contributed by atoms with Crippen molar-refractivity contribution in [3.05, 3.63) is 0 Å². The van der Waals surface area contributed by atoms with Crippen LogP contribution in [0.15, 0.2) is 0 Å². The second-order valence-corrected chi connectivity index (χ2v) is 5.85. The lowest BCUT2D eigenvalue weighted by atomic mass is 9.73. The van der Waals surface area contributed by atoms with E-state index in [-0.39, 0.29) is 5.92 Å². The lowest BCUT2D eigenvalue weighted by Crippen LogP contribution is -2.29. The van der Waals surface area contributed by atoms with Crippen LogP contribution in [0, 0.1) is 23.7 Å². The molecule has 16 heavy (non-hydrogen) atoms. The maximum absolute atomic E-state index is 12.3. The van der Waals surface area contributed by atoms with Crippen LogP contribution in [0.5, 0.6) is 0 Å². The number of carbonyl (C=O) groups is 1. The van der Waals surface area contributed by atoms with Crippen molar-refractivity contribution < 1.29 is 4.79 Å². The van der Waals surface area contributed by atoms with Crippen LogP contribution in [0.2, 0.25) is 0 Å². The largest absolute Gasteiger partial charge is 0.330 e. The van der Waals surface area contributed by atoms with E-state index in [0.29, 0.717) is 18.2 Å². The van der Waals surface area contributed by atoms with Crippen LogP contribution in [0.4, 0.5) is 0 Å². The Balaban J connectivity index is 2.45. The molecule has 0 heterocycles. The van der Waals surface area contributed by atoms with E-state index in [0.717, 1.165) is 37.5 Å². The standard InChI is InChI=1S/C14H27NO/c1-10-7-11(2)9-13(8-10)14(16)12(3)5-4-6-15/h10-13H,4-9,15H2,1-3H3. The zero-order valence-electron chi connectivity index (χ0n) is 11.0. The second-order valence-electron chi connectivity index (χ2n) is 5.85. The van der Waals surface area contributed by atoms with Crippen molar-refractivity contribution in [2.45, 2.75) is 52.9 Å². The molecule has 2 heteroatoms. The summed E-state index contributed by atoms with van der Waals surface area (Å²) in [6.45, 7) is 7.33. The highest BCUT2D eigenvalue weighted by Crippen LogP contribution is 2.35. The first-order chi connectivity index (χ1) is 7.54. The molecule has 2 N–H and O–H groups in total. The van der Waals surface area contributed by atoms with Crippen LogP contribution in [0.25, 0.3) is 0 Å². The maximum atomic E-state index is 12.3. The summed E-state index contributed by atoms with van der Waals surface area (Å²) in [6.07, 6.45) is 5.45. The molecule has 3 atom stereocenters. The van der Waals surface area contributed by atoms with Gasteiger partial charge in [-0.15, -0.1) is 0 Å². The van der Waals surface area contributed by atoms with Gasteiger partial charge in [-0.05, 0) is 50.5 Å². The van der Waals surface area contributed by atoms with Gasteiger partial charge in [0.15, 0.2) is 0 Å². The van der Waals surface area contributed by atoms with Gasteiger partial charge in [-0.25, -0.2) is 0 Å². The average Bonchev–Trinajstić information content (AvgIpc) is 2.23. The Morgan fingerprint density at radius 2 is 1.81 bits per heavy atom. The Labute approximate surface area is 100.0 Å². The molecule has 1 fully saturated rings. The van der Waals surface area contributed by atoms with Gasteiger partial charge in [0.2, 0.25) is 0 Å². The normalized spacial score (nSPS) is 32.4. The first kappa shape index (κ1) is 13.7. The van der Waals surface area contributed by atoms with Gasteiger partial charge in [0, 0.05) is 11.8 Å². The summed E-state index contributed by atoms with van der Waals surface area (Å²) in [5, 5.41) is 0. The number of rotatable bonds is 5. The lowest BCUT2D eigenvalue weighted by Gasteiger charge is -2.32. The van der Waals surface area contributed by atoms with Crippen LogP contribution in [-0.2, 0) is 4.79 Å². The minimum Gasteiger partial charge on any atom is -0.330 e. The van der Waals surface area contributed by atoms with Gasteiger partial charge >= 0.3 is 0 Å². The van der Waals surface area contributed by atoms with Crippen molar-refractivity contribution >= 4 is 5.78 Å². The van der Waals surface area contributed by atoms with Gasteiger partial charge in [0.1, 0.15) is 5.78 Å². The number of hydrogen-bond donors (Lipinski definition) is 1. The lowest BCUT2D eigenvalue weighted by molar-refractivity contribution is -0.128. The topological polar surface area (TPSA) is 43.1 Å². The number of nitrogens with two attached hydrogens (primary N) is 1. The molecule has 3 unspecified atom stereocenters. The summed E-state index contributed by atoms with van der Waals surface area (Å²) in [5.74, 6) is 2.48. The summed E-state index contributed by atoms with van der Waals surface area (Å²) in [5.41, 5.74) is 5.49. The Morgan fingerprint density at radius 1 is 1.25 bits per heavy atom. The molecule has 0 bridgehead atoms. The molecule has 1 aliphatic rings. The van der Waals surface area contributed by atoms with Crippen molar-refractivity contribution in [1.82, 2.24) is 0 Å². The highest BCUT2D eigenvalue weighted by atomic mass is 16.1. The molecule has 0 aliphatic heterocycles. The van der Waals surface area contributed by atoms with E-state index >= 15 is 0 Å². The molecule has 1 aliphatic carbocycles. The second kappa shape index (κ2) is 6.39. The predicted molar refractivity (Wildman–Crippen MR) is 68.1 cm³/mol. The van der Waals surface area contributed by atoms with Gasteiger partial charge in [-0.1, -0.05) is 20.8 Å². The minimum atomic E-state index is 0.214. The maximum Gasteiger partial charge on any atom is 0.138 e. The van der Waals surface area contributed by atoms with Crippen molar-refractivity contribution in [2.75, 3.05) is 6.54 Å². The Hall–Kier alpha value is -0.370. The van der Waals surface area contributed by atoms with E-state index in [1.807, 2.05) is 0 Å². The Morgan fingerprint density at radius 3 is 2.31 bits per heavy atom. The van der Waals surface area contributed by atoms with Gasteiger partial charge in [0.05, 0.1) is 0 Å². The molecule has 1 saturated carbocycles. The highest BCUT2D eigenvalue weighted by molar-refractivity contribution is 5.83. The molecule has 0 saturated heterocycles. The summed E-state index contributed by atoms with van der Waals surface area (Å²) < 4.78 is 0. The summed E-state index contributed by atoms with van der Waals surface area (Å²) in [4.78, 5) is 12.3. The fraction of sp³-hybridized carbons (Fsp3) is 0.929. The monoisotopic (exact) mass is 225 g/mol. The van der Waals surface area contributed by atoms with E-state index in [2.05, 4.69) is 20.8 Å². The molecule has 1 rings (SSSR count). The Kier molecular flexibility index (Phi) is 5.47. The molecule has 0 aromatic carbocycles. The summed E-state index contributed by atoms with van der Waals surface area (Å²) in [7, 11) is 0. The fourth-order valence-corrected chi connectivity index (χ4v) is 3.15. The van der Waals surface area contributed by atoms with Crippen molar-refractivity contribution in [2.24, 2.45) is 29.4 Å². The van der Waals surface area contributed by atoms with Crippen LogP contribution < -0.4 is 5.73 Å². The average molecular weight is 225 g/mol. The van der Waals surface area contributed by atoms with Gasteiger partial charge in [0.25, 0.3) is 0 Å². The first-order valence-electron chi connectivity index (χ1n) is 6.78. The SMILES string of the molecule is CC1CC(C)CC(C(=O)C(C)CCCN)C1. The van der Waals surface area contributed by atoms with E-state index in [1.165, 1.54) is 6.42 Å². The van der Waals surface area contributed by atoms with E-state index in [9.17, 15) is 4.79 Å². The minimum absolute atomic E-state index is 0.214. The molecule has 0 spiro atoms. The third-order valence-corrected chi connectivity index (χ3v) is 3.91. The van der Waals surface area contributed by atoms with Gasteiger partial charge in [-0.2, -0.15) is 0 Å². The number of hydrogen-bond acceptors (Lipinski definition) is 2. The molecule has 0 radical (unpaired) electrons. The Bertz CT molecular complexity index is 217. The molecule has 0 aromatic rings. The van der Waals surface area contributed by atoms with Crippen LogP contribution in [-0.4, -0.2) is 12.3 Å². The van der Waals surface area contributed by atoms with E-state index in [4.69, 9.17) is 5.73 Å². The fourth-order valence-electron chi connectivity index (χ4n) is 3.15.